The molecule has 1 aromatic heterocycles. The minimum absolute atomic E-state index is 0.00884. The topological polar surface area (TPSA) is 74.2 Å². The molecule has 1 aliphatic rings. The Morgan fingerprint density at radius 2 is 2.16 bits per heavy atom. The average Bonchev–Trinajstić information content (AvgIpc) is 3.10. The van der Waals surface area contributed by atoms with Gasteiger partial charge in [-0.05, 0) is 18.4 Å². The first-order chi connectivity index (χ1) is 9.33. The fourth-order valence-corrected chi connectivity index (χ4v) is 2.27. The Hall–Kier alpha value is -1.72. The molecule has 2 N–H and O–H groups in total. The number of benzene rings is 1. The van der Waals surface area contributed by atoms with Gasteiger partial charge in [0.1, 0.15) is 6.10 Å². The lowest BCUT2D eigenvalue weighted by molar-refractivity contribution is 0.103. The van der Waals surface area contributed by atoms with E-state index in [1.807, 2.05) is 30.3 Å². The predicted octanol–water partition coefficient (Wildman–Crippen LogP) is 2.16. The first-order valence-corrected chi connectivity index (χ1v) is 6.57. The molecule has 2 heterocycles. The van der Waals surface area contributed by atoms with Crippen LogP contribution in [0.25, 0.3) is 0 Å². The van der Waals surface area contributed by atoms with E-state index in [4.69, 9.17) is 15.0 Å². The molecule has 2 unspecified atom stereocenters. The highest BCUT2D eigenvalue weighted by Gasteiger charge is 2.23. The fraction of sp³-hybridized carbons (Fsp3) is 0.429. The SMILES string of the molecule is NC(Cc1nc(C2CCCO2)no1)c1ccccc1. The summed E-state index contributed by atoms with van der Waals surface area (Å²) in [5, 5.41) is 3.98. The van der Waals surface area contributed by atoms with Crippen LogP contribution in [0.2, 0.25) is 0 Å². The van der Waals surface area contributed by atoms with E-state index >= 15 is 0 Å². The second-order valence-electron chi connectivity index (χ2n) is 4.77. The van der Waals surface area contributed by atoms with Crippen LogP contribution in [0.1, 0.15) is 42.3 Å². The lowest BCUT2D eigenvalue weighted by Gasteiger charge is -2.08. The summed E-state index contributed by atoms with van der Waals surface area (Å²) in [6.07, 6.45) is 2.55. The summed E-state index contributed by atoms with van der Waals surface area (Å²) < 4.78 is 10.8. The Bertz CT molecular complexity index is 520. The molecule has 1 saturated heterocycles. The molecule has 0 aliphatic carbocycles. The minimum atomic E-state index is -0.126. The molecule has 0 spiro atoms. The Morgan fingerprint density at radius 3 is 2.89 bits per heavy atom. The van der Waals surface area contributed by atoms with Crippen molar-refractivity contribution >= 4 is 0 Å². The van der Waals surface area contributed by atoms with E-state index in [-0.39, 0.29) is 12.1 Å². The molecule has 1 fully saturated rings. The van der Waals surface area contributed by atoms with Gasteiger partial charge in [-0.2, -0.15) is 4.98 Å². The number of nitrogens with zero attached hydrogens (tertiary/aromatic N) is 2. The smallest absolute Gasteiger partial charge is 0.228 e. The minimum Gasteiger partial charge on any atom is -0.370 e. The number of aromatic nitrogens is 2. The van der Waals surface area contributed by atoms with Gasteiger partial charge in [-0.1, -0.05) is 35.5 Å². The molecule has 1 aromatic carbocycles. The molecule has 5 heteroatoms. The van der Waals surface area contributed by atoms with Crippen LogP contribution in [0, 0.1) is 0 Å². The van der Waals surface area contributed by atoms with Gasteiger partial charge < -0.3 is 15.0 Å². The fourth-order valence-electron chi connectivity index (χ4n) is 2.27. The Kier molecular flexibility index (Phi) is 3.57. The van der Waals surface area contributed by atoms with Crippen molar-refractivity contribution in [1.29, 1.82) is 0 Å². The lowest BCUT2D eigenvalue weighted by Crippen LogP contribution is -2.13. The molecule has 0 saturated carbocycles. The van der Waals surface area contributed by atoms with Crippen LogP contribution in [0.3, 0.4) is 0 Å². The predicted molar refractivity (Wildman–Crippen MR) is 69.3 cm³/mol. The van der Waals surface area contributed by atoms with Gasteiger partial charge in [0.05, 0.1) is 0 Å². The van der Waals surface area contributed by atoms with Gasteiger partial charge in [0.15, 0.2) is 0 Å². The zero-order chi connectivity index (χ0) is 13.1. The van der Waals surface area contributed by atoms with Crippen LogP contribution in [0.4, 0.5) is 0 Å². The summed E-state index contributed by atoms with van der Waals surface area (Å²) >= 11 is 0. The van der Waals surface area contributed by atoms with Crippen molar-refractivity contribution in [1.82, 2.24) is 10.1 Å². The summed E-state index contributed by atoms with van der Waals surface area (Å²) in [7, 11) is 0. The summed E-state index contributed by atoms with van der Waals surface area (Å²) in [5.41, 5.74) is 7.20. The first-order valence-electron chi connectivity index (χ1n) is 6.57. The molecule has 2 atom stereocenters. The van der Waals surface area contributed by atoms with Crippen molar-refractivity contribution in [2.75, 3.05) is 6.61 Å². The normalized spacial score (nSPS) is 20.6. The summed E-state index contributed by atoms with van der Waals surface area (Å²) in [5.74, 6) is 1.22. The second-order valence-corrected chi connectivity index (χ2v) is 4.77. The van der Waals surface area contributed by atoms with Gasteiger partial charge in [-0.3, -0.25) is 0 Å². The molecular weight excluding hydrogens is 242 g/mol. The molecule has 2 aromatic rings. The largest absolute Gasteiger partial charge is 0.370 e. The maximum atomic E-state index is 6.13. The maximum Gasteiger partial charge on any atom is 0.228 e. The molecular formula is C14H17N3O2. The van der Waals surface area contributed by atoms with E-state index in [0.29, 0.717) is 18.1 Å². The molecule has 1 aliphatic heterocycles. The molecule has 5 nitrogen and oxygen atoms in total. The zero-order valence-electron chi connectivity index (χ0n) is 10.7. The van der Waals surface area contributed by atoms with Crippen molar-refractivity contribution in [3.8, 4) is 0 Å². The van der Waals surface area contributed by atoms with Crippen molar-refractivity contribution in [2.45, 2.75) is 31.4 Å². The highest BCUT2D eigenvalue weighted by Crippen LogP contribution is 2.26. The van der Waals surface area contributed by atoms with Crippen molar-refractivity contribution < 1.29 is 9.26 Å². The third kappa shape index (κ3) is 2.83. The van der Waals surface area contributed by atoms with Gasteiger partial charge >= 0.3 is 0 Å². The van der Waals surface area contributed by atoms with E-state index in [1.165, 1.54) is 0 Å². The van der Waals surface area contributed by atoms with Gasteiger partial charge in [0.25, 0.3) is 0 Å². The third-order valence-corrected chi connectivity index (χ3v) is 3.32. The molecule has 0 radical (unpaired) electrons. The lowest BCUT2D eigenvalue weighted by atomic mass is 10.1. The van der Waals surface area contributed by atoms with Gasteiger partial charge in [-0.25, -0.2) is 0 Å². The summed E-state index contributed by atoms with van der Waals surface area (Å²) in [4.78, 5) is 4.37. The molecule has 0 amide bonds. The highest BCUT2D eigenvalue weighted by atomic mass is 16.5. The van der Waals surface area contributed by atoms with E-state index in [1.54, 1.807) is 0 Å². The van der Waals surface area contributed by atoms with Gasteiger partial charge in [-0.15, -0.1) is 0 Å². The Labute approximate surface area is 111 Å². The Morgan fingerprint density at radius 1 is 1.32 bits per heavy atom. The van der Waals surface area contributed by atoms with Crippen LogP contribution in [-0.4, -0.2) is 16.7 Å². The molecule has 19 heavy (non-hydrogen) atoms. The number of ether oxygens (including phenoxy) is 1. The molecule has 0 bridgehead atoms. The van der Waals surface area contributed by atoms with Gasteiger partial charge in [0, 0.05) is 19.1 Å². The van der Waals surface area contributed by atoms with Crippen LogP contribution >= 0.6 is 0 Å². The number of hydrogen-bond donors (Lipinski definition) is 1. The zero-order valence-corrected chi connectivity index (χ0v) is 10.7. The maximum absolute atomic E-state index is 6.13. The van der Waals surface area contributed by atoms with E-state index in [2.05, 4.69) is 10.1 Å². The summed E-state index contributed by atoms with van der Waals surface area (Å²) in [6.45, 7) is 0.776. The average molecular weight is 259 g/mol. The van der Waals surface area contributed by atoms with Crippen LogP contribution < -0.4 is 5.73 Å². The van der Waals surface area contributed by atoms with Crippen LogP contribution in [0.5, 0.6) is 0 Å². The van der Waals surface area contributed by atoms with Crippen LogP contribution in [0.15, 0.2) is 34.9 Å². The standard InChI is InChI=1S/C14H17N3O2/c15-11(10-5-2-1-3-6-10)9-13-16-14(17-19-13)12-7-4-8-18-12/h1-3,5-6,11-12H,4,7-9,15H2. The van der Waals surface area contributed by atoms with Crippen molar-refractivity contribution in [2.24, 2.45) is 5.73 Å². The number of rotatable bonds is 4. The second kappa shape index (κ2) is 5.50. The van der Waals surface area contributed by atoms with Gasteiger partial charge in [0.2, 0.25) is 11.7 Å². The number of nitrogens with two attached hydrogens (primary N) is 1. The monoisotopic (exact) mass is 259 g/mol. The number of hydrogen-bond acceptors (Lipinski definition) is 5. The van der Waals surface area contributed by atoms with E-state index in [9.17, 15) is 0 Å². The summed E-state index contributed by atoms with van der Waals surface area (Å²) in [6, 6.07) is 9.79. The van der Waals surface area contributed by atoms with E-state index < -0.39 is 0 Å². The van der Waals surface area contributed by atoms with E-state index in [0.717, 1.165) is 25.0 Å². The highest BCUT2D eigenvalue weighted by molar-refractivity contribution is 5.19. The first kappa shape index (κ1) is 12.3. The van der Waals surface area contributed by atoms with Crippen LogP contribution in [-0.2, 0) is 11.2 Å². The Balaban J connectivity index is 1.66. The molecule has 3 rings (SSSR count). The van der Waals surface area contributed by atoms with Crippen molar-refractivity contribution in [3.63, 3.8) is 0 Å². The third-order valence-electron chi connectivity index (χ3n) is 3.32. The molecule has 100 valence electrons. The quantitative estimate of drug-likeness (QED) is 0.910. The van der Waals surface area contributed by atoms with Crippen molar-refractivity contribution in [3.05, 3.63) is 47.6 Å².